The van der Waals surface area contributed by atoms with Crippen molar-refractivity contribution in [2.75, 3.05) is 6.54 Å². The third-order valence-corrected chi connectivity index (χ3v) is 2.08. The van der Waals surface area contributed by atoms with Gasteiger partial charge in [0.15, 0.2) is 0 Å². The number of carbonyl (C=O) groups is 2. The average molecular weight is 302 g/mol. The van der Waals surface area contributed by atoms with Crippen molar-refractivity contribution in [2.24, 2.45) is 5.73 Å². The first kappa shape index (κ1) is 15.8. The molecule has 0 spiro atoms. The molecule has 2 N–H and O–H groups in total. The van der Waals surface area contributed by atoms with E-state index in [2.05, 4.69) is 0 Å². The Labute approximate surface area is 111 Å². The van der Waals surface area contributed by atoms with E-state index < -0.39 is 0 Å². The molecule has 0 saturated heterocycles. The van der Waals surface area contributed by atoms with Crippen molar-refractivity contribution in [3.63, 3.8) is 0 Å². The van der Waals surface area contributed by atoms with Crippen LogP contribution in [-0.4, -0.2) is 18.3 Å². The van der Waals surface area contributed by atoms with Crippen molar-refractivity contribution in [3.8, 4) is 0 Å². The molecule has 1 aromatic rings. The first-order chi connectivity index (χ1) is 7.72. The topological polar surface area (TPSA) is 69.4 Å². The molecule has 0 fully saturated rings. The lowest BCUT2D eigenvalue weighted by Crippen LogP contribution is -2.15. The van der Waals surface area contributed by atoms with Crippen LogP contribution in [0.3, 0.4) is 0 Å². The quantitative estimate of drug-likeness (QED) is 0.811. The number of carbonyl (C=O) groups excluding carboxylic acids is 2. The summed E-state index contributed by atoms with van der Waals surface area (Å²) < 4.78 is 4.99. The Bertz CT molecular complexity index is 354. The van der Waals surface area contributed by atoms with E-state index in [0.29, 0.717) is 0 Å². The van der Waals surface area contributed by atoms with Gasteiger partial charge in [0.25, 0.3) is 0 Å². The van der Waals surface area contributed by atoms with E-state index in [0.717, 1.165) is 5.56 Å². The van der Waals surface area contributed by atoms with E-state index in [9.17, 15) is 9.59 Å². The van der Waals surface area contributed by atoms with Crippen LogP contribution in [0.2, 0.25) is 0 Å². The molecule has 0 radical (unpaired) electrons. The molecule has 94 valence electrons. The predicted molar refractivity (Wildman–Crippen MR) is 69.9 cm³/mol. The maximum Gasteiger partial charge on any atom is 0.306 e. The minimum Gasteiger partial charge on any atom is -0.461 e. The van der Waals surface area contributed by atoms with Crippen LogP contribution >= 0.6 is 17.0 Å². The molecule has 0 amide bonds. The van der Waals surface area contributed by atoms with Crippen LogP contribution < -0.4 is 5.73 Å². The maximum absolute atomic E-state index is 11.2. The number of Topliss-reactive ketones (excluding diaryl/α,β-unsaturated/α-hetero) is 1. The maximum atomic E-state index is 11.2. The van der Waals surface area contributed by atoms with Crippen LogP contribution in [0.1, 0.15) is 18.4 Å². The van der Waals surface area contributed by atoms with E-state index >= 15 is 0 Å². The summed E-state index contributed by atoms with van der Waals surface area (Å²) in [6.07, 6.45) is 0.257. The van der Waals surface area contributed by atoms with Gasteiger partial charge < -0.3 is 10.5 Å². The third kappa shape index (κ3) is 6.86. The lowest BCUT2D eigenvalue weighted by molar-refractivity contribution is -0.146. The van der Waals surface area contributed by atoms with Crippen LogP contribution in [0, 0.1) is 0 Å². The Morgan fingerprint density at radius 2 is 1.76 bits per heavy atom. The minimum atomic E-state index is -0.370. The third-order valence-electron chi connectivity index (χ3n) is 2.08. The minimum absolute atomic E-state index is 0. The molecular weight excluding hydrogens is 286 g/mol. The number of rotatable bonds is 6. The van der Waals surface area contributed by atoms with Crippen LogP contribution in [0.15, 0.2) is 30.3 Å². The predicted octanol–water partition coefficient (Wildman–Crippen LogP) is 1.62. The largest absolute Gasteiger partial charge is 0.461 e. The van der Waals surface area contributed by atoms with E-state index in [1.165, 1.54) is 0 Å². The Morgan fingerprint density at radius 1 is 1.12 bits per heavy atom. The highest BCUT2D eigenvalue weighted by atomic mass is 79.9. The van der Waals surface area contributed by atoms with E-state index in [-0.39, 0.29) is 54.7 Å². The molecule has 0 aromatic heterocycles. The van der Waals surface area contributed by atoms with Gasteiger partial charge in [-0.2, -0.15) is 0 Å². The molecule has 0 aliphatic heterocycles. The number of nitrogens with two attached hydrogens (primary N) is 1. The second-order valence-corrected chi connectivity index (χ2v) is 3.39. The lowest BCUT2D eigenvalue weighted by atomic mass is 10.2. The second kappa shape index (κ2) is 8.90. The Balaban J connectivity index is 0.00000256. The van der Waals surface area contributed by atoms with E-state index in [1.54, 1.807) is 0 Å². The van der Waals surface area contributed by atoms with Crippen LogP contribution in [0.25, 0.3) is 0 Å². The molecule has 0 saturated carbocycles. The second-order valence-electron chi connectivity index (χ2n) is 3.39. The van der Waals surface area contributed by atoms with E-state index in [1.807, 2.05) is 30.3 Å². The summed E-state index contributed by atoms with van der Waals surface area (Å²) >= 11 is 0. The molecule has 0 heterocycles. The summed E-state index contributed by atoms with van der Waals surface area (Å²) in [6, 6.07) is 9.39. The summed E-state index contributed by atoms with van der Waals surface area (Å²) in [5.41, 5.74) is 6.05. The summed E-state index contributed by atoms with van der Waals surface area (Å²) in [5.74, 6) is -0.498. The molecule has 0 unspecified atom stereocenters. The molecule has 17 heavy (non-hydrogen) atoms. The fraction of sp³-hybridized carbons (Fsp3) is 0.333. The first-order valence-electron chi connectivity index (χ1n) is 5.13. The highest BCUT2D eigenvalue weighted by Crippen LogP contribution is 2.02. The Morgan fingerprint density at radius 3 is 2.35 bits per heavy atom. The van der Waals surface area contributed by atoms with Gasteiger partial charge in [0.1, 0.15) is 12.4 Å². The monoisotopic (exact) mass is 301 g/mol. The highest BCUT2D eigenvalue weighted by molar-refractivity contribution is 8.93. The molecular formula is C12H16BrNO3. The van der Waals surface area contributed by atoms with Gasteiger partial charge >= 0.3 is 5.97 Å². The van der Waals surface area contributed by atoms with Crippen molar-refractivity contribution in [3.05, 3.63) is 35.9 Å². The SMILES string of the molecule is Br.NCC(=O)CCC(=O)OCc1ccccc1. The van der Waals surface area contributed by atoms with Crippen LogP contribution in [-0.2, 0) is 20.9 Å². The van der Waals surface area contributed by atoms with Gasteiger partial charge in [0.2, 0.25) is 0 Å². The zero-order valence-electron chi connectivity index (χ0n) is 9.43. The van der Waals surface area contributed by atoms with Crippen LogP contribution in [0.5, 0.6) is 0 Å². The molecule has 0 aliphatic carbocycles. The summed E-state index contributed by atoms with van der Waals surface area (Å²) in [4.78, 5) is 22.1. The Kier molecular flexibility index (Phi) is 8.27. The van der Waals surface area contributed by atoms with Gasteiger partial charge in [-0.05, 0) is 5.56 Å². The average Bonchev–Trinajstić information content (AvgIpc) is 2.34. The van der Waals surface area contributed by atoms with Gasteiger partial charge in [-0.15, -0.1) is 17.0 Å². The van der Waals surface area contributed by atoms with E-state index in [4.69, 9.17) is 10.5 Å². The van der Waals surface area contributed by atoms with Crippen molar-refractivity contribution >= 4 is 28.7 Å². The standard InChI is InChI=1S/C12H15NO3.BrH/c13-8-11(14)6-7-12(15)16-9-10-4-2-1-3-5-10;/h1-5H,6-9,13H2;1H. The fourth-order valence-electron chi connectivity index (χ4n) is 1.15. The number of hydrogen-bond acceptors (Lipinski definition) is 4. The molecule has 1 aromatic carbocycles. The van der Waals surface area contributed by atoms with Crippen LogP contribution in [0.4, 0.5) is 0 Å². The number of ketones is 1. The van der Waals surface area contributed by atoms with Crippen molar-refractivity contribution < 1.29 is 14.3 Å². The van der Waals surface area contributed by atoms with Crippen molar-refractivity contribution in [2.45, 2.75) is 19.4 Å². The number of halogens is 1. The number of benzene rings is 1. The van der Waals surface area contributed by atoms with Crippen molar-refractivity contribution in [1.29, 1.82) is 0 Å². The molecule has 0 bridgehead atoms. The zero-order valence-corrected chi connectivity index (χ0v) is 11.1. The fourth-order valence-corrected chi connectivity index (χ4v) is 1.15. The number of ether oxygens (including phenoxy) is 1. The smallest absolute Gasteiger partial charge is 0.306 e. The van der Waals surface area contributed by atoms with Gasteiger partial charge in [-0.3, -0.25) is 9.59 Å². The zero-order chi connectivity index (χ0) is 11.8. The highest BCUT2D eigenvalue weighted by Gasteiger charge is 2.06. The Hall–Kier alpha value is -1.20. The molecule has 0 aliphatic rings. The molecule has 1 rings (SSSR count). The van der Waals surface area contributed by atoms with Gasteiger partial charge in [-0.1, -0.05) is 30.3 Å². The van der Waals surface area contributed by atoms with Gasteiger partial charge in [0, 0.05) is 6.42 Å². The number of hydrogen-bond donors (Lipinski definition) is 1. The van der Waals surface area contributed by atoms with Crippen molar-refractivity contribution in [1.82, 2.24) is 0 Å². The molecule has 4 nitrogen and oxygen atoms in total. The lowest BCUT2D eigenvalue weighted by Gasteiger charge is -2.04. The summed E-state index contributed by atoms with van der Waals surface area (Å²) in [5, 5.41) is 0. The number of esters is 1. The normalized spacial score (nSPS) is 9.24. The van der Waals surface area contributed by atoms with Gasteiger partial charge in [0.05, 0.1) is 13.0 Å². The summed E-state index contributed by atoms with van der Waals surface area (Å²) in [6.45, 7) is 0.225. The summed E-state index contributed by atoms with van der Waals surface area (Å²) in [7, 11) is 0. The first-order valence-corrected chi connectivity index (χ1v) is 5.13. The molecule has 0 atom stereocenters. The van der Waals surface area contributed by atoms with Gasteiger partial charge in [-0.25, -0.2) is 0 Å². The molecule has 5 heteroatoms.